The van der Waals surface area contributed by atoms with E-state index in [1.165, 1.54) is 0 Å². The van der Waals surface area contributed by atoms with Crippen LogP contribution in [0.1, 0.15) is 19.8 Å². The highest BCUT2D eigenvalue weighted by Crippen LogP contribution is 2.17. The molecular weight excluding hydrogens is 308 g/mol. The third kappa shape index (κ3) is 2.81. The van der Waals surface area contributed by atoms with E-state index < -0.39 is 0 Å². The summed E-state index contributed by atoms with van der Waals surface area (Å²) in [5.74, 6) is -0.648. The first-order valence-corrected chi connectivity index (χ1v) is 8.28. The number of nitrogens with zero attached hydrogens (tertiary/aromatic N) is 3. The number of aromatic nitrogens is 2. The molecule has 1 atom stereocenters. The van der Waals surface area contributed by atoms with Gasteiger partial charge in [0.05, 0.1) is 17.0 Å². The highest BCUT2D eigenvalue weighted by Gasteiger charge is 2.29. The Kier molecular flexibility index (Phi) is 4.42. The summed E-state index contributed by atoms with van der Waals surface area (Å²) in [5.41, 5.74) is 6.93. The minimum absolute atomic E-state index is 0.0426. The SMILES string of the molecule is CCn1c(=O)n(CCC(=O)N2CC[C@@H](C(N)=O)C2)c2ccccc21. The lowest BCUT2D eigenvalue weighted by molar-refractivity contribution is -0.130. The van der Waals surface area contributed by atoms with Crippen LogP contribution in [-0.4, -0.2) is 38.9 Å². The molecule has 1 aliphatic rings. The molecule has 7 nitrogen and oxygen atoms in total. The van der Waals surface area contributed by atoms with Crippen molar-refractivity contribution in [3.63, 3.8) is 0 Å². The lowest BCUT2D eigenvalue weighted by atomic mass is 10.1. The molecule has 3 rings (SSSR count). The second-order valence-electron chi connectivity index (χ2n) is 6.14. The summed E-state index contributed by atoms with van der Waals surface area (Å²) in [6, 6.07) is 7.60. The zero-order valence-electron chi connectivity index (χ0n) is 13.8. The number of para-hydroxylation sites is 2. The van der Waals surface area contributed by atoms with Crippen LogP contribution in [0.15, 0.2) is 29.1 Å². The summed E-state index contributed by atoms with van der Waals surface area (Å²) in [4.78, 5) is 37.8. The summed E-state index contributed by atoms with van der Waals surface area (Å²) in [7, 11) is 0. The van der Waals surface area contributed by atoms with Crippen LogP contribution in [-0.2, 0) is 22.7 Å². The first kappa shape index (κ1) is 16.3. The fraction of sp³-hybridized carbons (Fsp3) is 0.471. The van der Waals surface area contributed by atoms with Crippen LogP contribution in [0.25, 0.3) is 11.0 Å². The third-order valence-corrected chi connectivity index (χ3v) is 4.73. The summed E-state index contributed by atoms with van der Waals surface area (Å²) >= 11 is 0. The van der Waals surface area contributed by atoms with Gasteiger partial charge in [0.2, 0.25) is 11.8 Å². The number of hydrogen-bond acceptors (Lipinski definition) is 3. The van der Waals surface area contributed by atoms with Gasteiger partial charge in [-0.3, -0.25) is 18.7 Å². The maximum atomic E-state index is 12.5. The third-order valence-electron chi connectivity index (χ3n) is 4.73. The fourth-order valence-electron chi connectivity index (χ4n) is 3.38. The van der Waals surface area contributed by atoms with E-state index >= 15 is 0 Å². The van der Waals surface area contributed by atoms with Crippen molar-refractivity contribution in [2.75, 3.05) is 13.1 Å². The lowest BCUT2D eigenvalue weighted by Gasteiger charge is -2.16. The summed E-state index contributed by atoms with van der Waals surface area (Å²) in [6.45, 7) is 3.80. The first-order valence-electron chi connectivity index (χ1n) is 8.28. The van der Waals surface area contributed by atoms with E-state index in [4.69, 9.17) is 5.73 Å². The van der Waals surface area contributed by atoms with Crippen LogP contribution >= 0.6 is 0 Å². The standard InChI is InChI=1S/C17H22N4O3/c1-2-20-13-5-3-4-6-14(13)21(17(20)24)10-8-15(22)19-9-7-12(11-19)16(18)23/h3-6,12H,2,7-11H2,1H3,(H2,18,23)/t12-/m1/s1. The zero-order valence-corrected chi connectivity index (χ0v) is 13.8. The molecule has 0 aliphatic carbocycles. The fourth-order valence-corrected chi connectivity index (χ4v) is 3.38. The van der Waals surface area contributed by atoms with E-state index in [9.17, 15) is 14.4 Å². The second kappa shape index (κ2) is 6.51. The lowest BCUT2D eigenvalue weighted by Crippen LogP contribution is -2.33. The molecule has 1 aliphatic heterocycles. The molecule has 1 saturated heterocycles. The highest BCUT2D eigenvalue weighted by atomic mass is 16.2. The number of benzene rings is 1. The van der Waals surface area contributed by atoms with Crippen LogP contribution in [0.3, 0.4) is 0 Å². The Morgan fingerprint density at radius 2 is 1.88 bits per heavy atom. The molecule has 1 aromatic carbocycles. The number of carbonyl (C=O) groups is 2. The molecule has 1 aromatic heterocycles. The first-order chi connectivity index (χ1) is 11.5. The van der Waals surface area contributed by atoms with Gasteiger partial charge in [-0.2, -0.15) is 0 Å². The Balaban J connectivity index is 1.75. The average molecular weight is 330 g/mol. The number of amides is 2. The average Bonchev–Trinajstić information content (AvgIpc) is 3.16. The Morgan fingerprint density at radius 3 is 2.46 bits per heavy atom. The van der Waals surface area contributed by atoms with Crippen LogP contribution < -0.4 is 11.4 Å². The molecule has 24 heavy (non-hydrogen) atoms. The molecule has 2 amide bonds. The molecule has 0 radical (unpaired) electrons. The van der Waals surface area contributed by atoms with Gasteiger partial charge in [0, 0.05) is 32.6 Å². The number of hydrogen-bond donors (Lipinski definition) is 1. The van der Waals surface area contributed by atoms with Gasteiger partial charge < -0.3 is 10.6 Å². The number of fused-ring (bicyclic) bond motifs is 1. The van der Waals surface area contributed by atoms with Crippen molar-refractivity contribution in [2.24, 2.45) is 11.7 Å². The number of likely N-dealkylation sites (tertiary alicyclic amines) is 1. The van der Waals surface area contributed by atoms with Crippen molar-refractivity contribution < 1.29 is 9.59 Å². The van der Waals surface area contributed by atoms with Gasteiger partial charge in [-0.05, 0) is 25.5 Å². The molecule has 128 valence electrons. The van der Waals surface area contributed by atoms with Crippen LogP contribution in [0, 0.1) is 5.92 Å². The molecule has 2 heterocycles. The van der Waals surface area contributed by atoms with Crippen molar-refractivity contribution >= 4 is 22.8 Å². The van der Waals surface area contributed by atoms with Gasteiger partial charge in [-0.25, -0.2) is 4.79 Å². The molecule has 0 unspecified atom stereocenters. The smallest absolute Gasteiger partial charge is 0.329 e. The van der Waals surface area contributed by atoms with Crippen LogP contribution in [0.5, 0.6) is 0 Å². The van der Waals surface area contributed by atoms with Crippen molar-refractivity contribution in [1.82, 2.24) is 14.0 Å². The Hall–Kier alpha value is -2.57. The van der Waals surface area contributed by atoms with Gasteiger partial charge in [0.25, 0.3) is 0 Å². The van der Waals surface area contributed by atoms with Gasteiger partial charge in [0.1, 0.15) is 0 Å². The summed E-state index contributed by atoms with van der Waals surface area (Å²) in [5, 5.41) is 0. The maximum Gasteiger partial charge on any atom is 0.329 e. The Morgan fingerprint density at radius 1 is 1.21 bits per heavy atom. The molecule has 0 bridgehead atoms. The number of rotatable bonds is 5. The number of nitrogens with two attached hydrogens (primary N) is 1. The molecule has 1 fully saturated rings. The van der Waals surface area contributed by atoms with Crippen molar-refractivity contribution in [3.8, 4) is 0 Å². The van der Waals surface area contributed by atoms with Crippen molar-refractivity contribution in [1.29, 1.82) is 0 Å². The number of primary amides is 1. The van der Waals surface area contributed by atoms with E-state index in [0.717, 1.165) is 11.0 Å². The topological polar surface area (TPSA) is 90.3 Å². The minimum Gasteiger partial charge on any atom is -0.369 e. The number of aryl methyl sites for hydroxylation is 2. The van der Waals surface area contributed by atoms with Crippen LogP contribution in [0.4, 0.5) is 0 Å². The van der Waals surface area contributed by atoms with E-state index in [1.807, 2.05) is 31.2 Å². The van der Waals surface area contributed by atoms with Gasteiger partial charge >= 0.3 is 5.69 Å². The second-order valence-corrected chi connectivity index (χ2v) is 6.14. The van der Waals surface area contributed by atoms with E-state index in [-0.39, 0.29) is 29.8 Å². The zero-order chi connectivity index (χ0) is 17.3. The molecule has 2 aromatic rings. The predicted octanol–water partition coefficient (Wildman–Crippen LogP) is 0.547. The van der Waals surface area contributed by atoms with Gasteiger partial charge in [0.15, 0.2) is 0 Å². The maximum absolute atomic E-state index is 12.5. The van der Waals surface area contributed by atoms with E-state index in [2.05, 4.69) is 0 Å². The molecular formula is C17H22N4O3. The monoisotopic (exact) mass is 330 g/mol. The van der Waals surface area contributed by atoms with Gasteiger partial charge in [-0.15, -0.1) is 0 Å². The molecule has 0 saturated carbocycles. The summed E-state index contributed by atoms with van der Waals surface area (Å²) < 4.78 is 3.36. The highest BCUT2D eigenvalue weighted by molar-refractivity contribution is 5.81. The molecule has 2 N–H and O–H groups in total. The Labute approximate surface area is 139 Å². The normalized spacial score (nSPS) is 17.5. The summed E-state index contributed by atoms with van der Waals surface area (Å²) in [6.07, 6.45) is 0.860. The predicted molar refractivity (Wildman–Crippen MR) is 90.4 cm³/mol. The van der Waals surface area contributed by atoms with E-state index in [0.29, 0.717) is 32.6 Å². The molecule has 7 heteroatoms. The van der Waals surface area contributed by atoms with E-state index in [1.54, 1.807) is 14.0 Å². The minimum atomic E-state index is -0.354. The largest absolute Gasteiger partial charge is 0.369 e. The number of imidazole rings is 1. The Bertz CT molecular complexity index is 836. The van der Waals surface area contributed by atoms with Crippen molar-refractivity contribution in [3.05, 3.63) is 34.7 Å². The quantitative estimate of drug-likeness (QED) is 0.868. The van der Waals surface area contributed by atoms with Crippen LogP contribution in [0.2, 0.25) is 0 Å². The molecule has 0 spiro atoms. The number of carbonyl (C=O) groups excluding carboxylic acids is 2. The van der Waals surface area contributed by atoms with Crippen molar-refractivity contribution in [2.45, 2.75) is 32.9 Å². The van der Waals surface area contributed by atoms with Gasteiger partial charge in [-0.1, -0.05) is 12.1 Å².